The van der Waals surface area contributed by atoms with Gasteiger partial charge < -0.3 is 5.32 Å². The molecular weight excluding hydrogens is 344 g/mol. The maximum Gasteiger partial charge on any atom is 0.248 e. The summed E-state index contributed by atoms with van der Waals surface area (Å²) in [5.41, 5.74) is 0.806. The Hall–Kier alpha value is -2.07. The van der Waals surface area contributed by atoms with Gasteiger partial charge in [-0.25, -0.2) is 14.3 Å². The summed E-state index contributed by atoms with van der Waals surface area (Å²) in [5.74, 6) is 4.51. The lowest BCUT2D eigenvalue weighted by Gasteiger charge is -2.19. The summed E-state index contributed by atoms with van der Waals surface area (Å²) < 4.78 is 27.6. The molecule has 1 aliphatic rings. The average Bonchev–Trinajstić information content (AvgIpc) is 3.04. The molecule has 0 aliphatic carbocycles. The van der Waals surface area contributed by atoms with Crippen LogP contribution in [0.15, 0.2) is 35.5 Å². The number of hydrogen-bond acceptors (Lipinski definition) is 6. The van der Waals surface area contributed by atoms with Gasteiger partial charge in [0.1, 0.15) is 6.61 Å². The highest BCUT2D eigenvalue weighted by atomic mass is 32.2. The van der Waals surface area contributed by atoms with Crippen molar-refractivity contribution in [1.29, 1.82) is 0 Å². The van der Waals surface area contributed by atoms with E-state index in [-0.39, 0.29) is 30.0 Å². The highest BCUT2D eigenvalue weighted by Gasteiger charge is 2.34. The topological polar surface area (TPSA) is 115 Å². The standard InChI is InChI=1S/C16H20N4O4S/c1-11-7-18-8-12-3-2-4-14(16(11)12)25(22,23)20-6-5-13(9-20)19-15(21)10-24-17/h2-4,7-8,13H,5-6,9-10,17H2,1H3,(H,19,21)/t13-/m1/s1. The number of carbonyl (C=O) groups excluding carboxylic acids is 1. The SMILES string of the molecule is Cc1cncc2cccc(S(=O)(=O)N3CC[C@@H](NC(=O)CON)C3)c12. The molecule has 0 spiro atoms. The van der Waals surface area contributed by atoms with Crippen molar-refractivity contribution in [1.82, 2.24) is 14.6 Å². The molecule has 8 nitrogen and oxygen atoms in total. The van der Waals surface area contributed by atoms with Crippen LogP contribution in [-0.4, -0.2) is 49.4 Å². The van der Waals surface area contributed by atoms with E-state index < -0.39 is 10.0 Å². The summed E-state index contributed by atoms with van der Waals surface area (Å²) in [6.07, 6.45) is 3.85. The van der Waals surface area contributed by atoms with Crippen LogP contribution in [0.3, 0.4) is 0 Å². The molecule has 1 fully saturated rings. The van der Waals surface area contributed by atoms with Crippen molar-refractivity contribution in [2.24, 2.45) is 5.90 Å². The van der Waals surface area contributed by atoms with E-state index in [1.54, 1.807) is 24.5 Å². The molecule has 9 heteroatoms. The fourth-order valence-electron chi connectivity index (χ4n) is 3.14. The highest BCUT2D eigenvalue weighted by molar-refractivity contribution is 7.89. The number of rotatable bonds is 5. The number of hydrogen-bond donors (Lipinski definition) is 2. The molecule has 1 saturated heterocycles. The van der Waals surface area contributed by atoms with Crippen molar-refractivity contribution in [3.05, 3.63) is 36.2 Å². The molecule has 3 N–H and O–H groups in total. The maximum atomic E-state index is 13.1. The first kappa shape index (κ1) is 17.7. The molecule has 2 heterocycles. The Bertz CT molecular complexity index is 895. The summed E-state index contributed by atoms with van der Waals surface area (Å²) in [6.45, 7) is 2.16. The molecule has 1 aromatic heterocycles. The van der Waals surface area contributed by atoms with Crippen LogP contribution in [0.4, 0.5) is 0 Å². The minimum Gasteiger partial charge on any atom is -0.350 e. The zero-order valence-corrected chi connectivity index (χ0v) is 14.6. The third kappa shape index (κ3) is 3.49. The summed E-state index contributed by atoms with van der Waals surface area (Å²) >= 11 is 0. The number of nitrogens with one attached hydrogen (secondary N) is 1. The molecule has 0 bridgehead atoms. The van der Waals surface area contributed by atoms with E-state index in [4.69, 9.17) is 5.90 Å². The lowest BCUT2D eigenvalue weighted by atomic mass is 10.1. The molecule has 1 atom stereocenters. The second-order valence-corrected chi connectivity index (χ2v) is 7.94. The van der Waals surface area contributed by atoms with Gasteiger partial charge in [-0.05, 0) is 25.0 Å². The third-order valence-electron chi connectivity index (χ3n) is 4.28. The monoisotopic (exact) mass is 364 g/mol. The Labute approximate surface area is 146 Å². The number of fused-ring (bicyclic) bond motifs is 1. The first-order valence-corrected chi connectivity index (χ1v) is 9.32. The van der Waals surface area contributed by atoms with E-state index in [1.807, 2.05) is 13.0 Å². The third-order valence-corrected chi connectivity index (χ3v) is 6.19. The van der Waals surface area contributed by atoms with E-state index in [0.29, 0.717) is 18.4 Å². The molecule has 25 heavy (non-hydrogen) atoms. The molecule has 1 aliphatic heterocycles. The quantitative estimate of drug-likeness (QED) is 0.738. The van der Waals surface area contributed by atoms with Gasteiger partial charge in [0.2, 0.25) is 15.9 Å². The van der Waals surface area contributed by atoms with Crippen LogP contribution in [-0.2, 0) is 19.7 Å². The Kier molecular flexibility index (Phi) is 5.00. The molecule has 134 valence electrons. The maximum absolute atomic E-state index is 13.1. The molecule has 0 saturated carbocycles. The van der Waals surface area contributed by atoms with E-state index in [2.05, 4.69) is 15.1 Å². The zero-order valence-electron chi connectivity index (χ0n) is 13.8. The minimum atomic E-state index is -3.67. The van der Waals surface area contributed by atoms with Crippen LogP contribution in [0.25, 0.3) is 10.8 Å². The Morgan fingerprint density at radius 1 is 1.44 bits per heavy atom. The number of sulfonamides is 1. The average molecular weight is 364 g/mol. The molecule has 1 aromatic carbocycles. The van der Waals surface area contributed by atoms with Gasteiger partial charge >= 0.3 is 0 Å². The van der Waals surface area contributed by atoms with E-state index >= 15 is 0 Å². The van der Waals surface area contributed by atoms with Crippen molar-refractivity contribution in [3.63, 3.8) is 0 Å². The van der Waals surface area contributed by atoms with Gasteiger partial charge in [0.05, 0.1) is 4.90 Å². The normalized spacial score (nSPS) is 18.6. The van der Waals surface area contributed by atoms with E-state index in [0.717, 1.165) is 10.9 Å². The Balaban J connectivity index is 1.87. The van der Waals surface area contributed by atoms with Crippen molar-refractivity contribution in [2.45, 2.75) is 24.3 Å². The molecule has 0 unspecified atom stereocenters. The van der Waals surface area contributed by atoms with Gasteiger partial charge in [-0.1, -0.05) is 12.1 Å². The smallest absolute Gasteiger partial charge is 0.248 e. The zero-order chi connectivity index (χ0) is 18.0. The van der Waals surface area contributed by atoms with Gasteiger partial charge in [0.15, 0.2) is 0 Å². The van der Waals surface area contributed by atoms with Gasteiger partial charge in [-0.15, -0.1) is 0 Å². The summed E-state index contributed by atoms with van der Waals surface area (Å²) in [5, 5.41) is 4.19. The van der Waals surface area contributed by atoms with Crippen LogP contribution >= 0.6 is 0 Å². The minimum absolute atomic E-state index is 0.221. The van der Waals surface area contributed by atoms with Crippen LogP contribution in [0.5, 0.6) is 0 Å². The number of pyridine rings is 1. The van der Waals surface area contributed by atoms with Crippen molar-refractivity contribution in [3.8, 4) is 0 Å². The fourth-order valence-corrected chi connectivity index (χ4v) is 4.92. The van der Waals surface area contributed by atoms with Gasteiger partial charge in [-0.3, -0.25) is 14.6 Å². The van der Waals surface area contributed by atoms with E-state index in [9.17, 15) is 13.2 Å². The molecule has 2 aromatic rings. The number of aryl methyl sites for hydroxylation is 1. The van der Waals surface area contributed by atoms with Crippen LogP contribution in [0.1, 0.15) is 12.0 Å². The highest BCUT2D eigenvalue weighted by Crippen LogP contribution is 2.29. The van der Waals surface area contributed by atoms with Crippen LogP contribution in [0, 0.1) is 6.92 Å². The molecule has 1 amide bonds. The number of amides is 1. The number of carbonyl (C=O) groups is 1. The number of aromatic nitrogens is 1. The lowest BCUT2D eigenvalue weighted by molar-refractivity contribution is -0.126. The number of benzene rings is 1. The van der Waals surface area contributed by atoms with Crippen LogP contribution < -0.4 is 11.2 Å². The summed E-state index contributed by atoms with van der Waals surface area (Å²) in [4.78, 5) is 20.2. The van der Waals surface area contributed by atoms with Crippen molar-refractivity contribution in [2.75, 3.05) is 19.7 Å². The lowest BCUT2D eigenvalue weighted by Crippen LogP contribution is -2.40. The Morgan fingerprint density at radius 3 is 3.00 bits per heavy atom. The largest absolute Gasteiger partial charge is 0.350 e. The second-order valence-electron chi connectivity index (χ2n) is 6.04. The second kappa shape index (κ2) is 7.04. The molecule has 0 radical (unpaired) electrons. The first-order chi connectivity index (χ1) is 11.9. The number of nitrogens with two attached hydrogens (primary N) is 1. The van der Waals surface area contributed by atoms with E-state index in [1.165, 1.54) is 4.31 Å². The van der Waals surface area contributed by atoms with Gasteiger partial charge in [0.25, 0.3) is 0 Å². The Morgan fingerprint density at radius 2 is 2.24 bits per heavy atom. The first-order valence-electron chi connectivity index (χ1n) is 7.88. The van der Waals surface area contributed by atoms with Crippen molar-refractivity contribution < 1.29 is 18.0 Å². The fraction of sp³-hybridized carbons (Fsp3) is 0.375. The number of nitrogens with zero attached hydrogens (tertiary/aromatic N) is 2. The van der Waals surface area contributed by atoms with Crippen molar-refractivity contribution >= 4 is 26.7 Å². The summed E-state index contributed by atoms with van der Waals surface area (Å²) in [7, 11) is -3.67. The molecular formula is C16H20N4O4S. The summed E-state index contributed by atoms with van der Waals surface area (Å²) in [6, 6.07) is 4.91. The molecule has 3 rings (SSSR count). The van der Waals surface area contributed by atoms with Gasteiger partial charge in [-0.2, -0.15) is 4.31 Å². The van der Waals surface area contributed by atoms with Crippen LogP contribution in [0.2, 0.25) is 0 Å². The predicted molar refractivity (Wildman–Crippen MR) is 91.9 cm³/mol. The predicted octanol–water partition coefficient (Wildman–Crippen LogP) is 0.313. The van der Waals surface area contributed by atoms with Gasteiger partial charge in [0, 0.05) is 42.3 Å².